The summed E-state index contributed by atoms with van der Waals surface area (Å²) in [6, 6.07) is 0. The first kappa shape index (κ1) is 12.3. The molecule has 0 fully saturated rings. The molecule has 0 aliphatic heterocycles. The Morgan fingerprint density at radius 2 is 1.62 bits per heavy atom. The standard InChI is InChI=1S/C8H14F2O3/c1-5(2)12-7(11)8(9,10)13-6(3)4/h5-6H,1-4H3. The minimum Gasteiger partial charge on any atom is -0.457 e. The molecule has 0 heterocycles. The molecule has 0 N–H and O–H groups in total. The summed E-state index contributed by atoms with van der Waals surface area (Å²) >= 11 is 0. The largest absolute Gasteiger partial charge is 0.457 e. The summed E-state index contributed by atoms with van der Waals surface area (Å²) in [7, 11) is 0. The number of esters is 1. The molecule has 78 valence electrons. The van der Waals surface area contributed by atoms with E-state index in [4.69, 9.17) is 0 Å². The predicted molar refractivity (Wildman–Crippen MR) is 42.4 cm³/mol. The molecule has 3 nitrogen and oxygen atoms in total. The van der Waals surface area contributed by atoms with Crippen molar-refractivity contribution in [1.82, 2.24) is 0 Å². The highest BCUT2D eigenvalue weighted by Gasteiger charge is 2.43. The SMILES string of the molecule is CC(C)OC(=O)C(F)(F)OC(C)C. The molecule has 0 aromatic carbocycles. The van der Waals surface area contributed by atoms with Crippen LogP contribution in [0.25, 0.3) is 0 Å². The minimum absolute atomic E-state index is 0.575. The van der Waals surface area contributed by atoms with Crippen LogP contribution in [0, 0.1) is 0 Å². The number of alkyl halides is 2. The van der Waals surface area contributed by atoms with Crippen molar-refractivity contribution in [2.24, 2.45) is 0 Å². The van der Waals surface area contributed by atoms with E-state index < -0.39 is 24.3 Å². The molecule has 0 aliphatic rings. The summed E-state index contributed by atoms with van der Waals surface area (Å²) in [6.07, 6.45) is -5.15. The van der Waals surface area contributed by atoms with Gasteiger partial charge in [0, 0.05) is 0 Å². The molecular formula is C8H14F2O3. The number of rotatable bonds is 4. The fourth-order valence-corrected chi connectivity index (χ4v) is 0.627. The third-order valence-corrected chi connectivity index (χ3v) is 0.964. The van der Waals surface area contributed by atoms with Crippen molar-refractivity contribution in [1.29, 1.82) is 0 Å². The van der Waals surface area contributed by atoms with Crippen LogP contribution < -0.4 is 0 Å². The third kappa shape index (κ3) is 4.77. The lowest BCUT2D eigenvalue weighted by Gasteiger charge is -2.18. The second-order valence-corrected chi connectivity index (χ2v) is 3.14. The highest BCUT2D eigenvalue weighted by atomic mass is 19.3. The van der Waals surface area contributed by atoms with Crippen molar-refractivity contribution in [3.05, 3.63) is 0 Å². The lowest BCUT2D eigenvalue weighted by molar-refractivity contribution is -0.264. The maximum atomic E-state index is 12.7. The van der Waals surface area contributed by atoms with Gasteiger partial charge in [-0.25, -0.2) is 4.79 Å². The number of halogens is 2. The summed E-state index contributed by atoms with van der Waals surface area (Å²) in [4.78, 5) is 10.7. The molecule has 13 heavy (non-hydrogen) atoms. The molecule has 0 saturated heterocycles. The van der Waals surface area contributed by atoms with E-state index in [1.54, 1.807) is 0 Å². The Hall–Kier alpha value is -0.710. The average molecular weight is 196 g/mol. The van der Waals surface area contributed by atoms with Gasteiger partial charge in [0.15, 0.2) is 0 Å². The van der Waals surface area contributed by atoms with Crippen molar-refractivity contribution in [2.45, 2.75) is 46.0 Å². The predicted octanol–water partition coefficient (Wildman–Crippen LogP) is 1.96. The van der Waals surface area contributed by atoms with E-state index in [-0.39, 0.29) is 0 Å². The van der Waals surface area contributed by atoms with Crippen LogP contribution in [-0.2, 0) is 14.3 Å². The van der Waals surface area contributed by atoms with Gasteiger partial charge < -0.3 is 9.47 Å². The molecule has 0 rings (SSSR count). The quantitative estimate of drug-likeness (QED) is 0.645. The van der Waals surface area contributed by atoms with E-state index in [2.05, 4.69) is 9.47 Å². The fraction of sp³-hybridized carbons (Fsp3) is 0.875. The number of ether oxygens (including phenoxy) is 2. The zero-order chi connectivity index (χ0) is 10.6. The van der Waals surface area contributed by atoms with E-state index in [0.29, 0.717) is 0 Å². The molecule has 0 amide bonds. The minimum atomic E-state index is -3.85. The van der Waals surface area contributed by atoms with Crippen LogP contribution in [0.5, 0.6) is 0 Å². The Bertz CT molecular complexity index is 178. The molecule has 0 bridgehead atoms. The molecular weight excluding hydrogens is 182 g/mol. The molecule has 0 radical (unpaired) electrons. The van der Waals surface area contributed by atoms with Crippen LogP contribution in [0.1, 0.15) is 27.7 Å². The van der Waals surface area contributed by atoms with Gasteiger partial charge in [0.2, 0.25) is 0 Å². The van der Waals surface area contributed by atoms with Crippen LogP contribution >= 0.6 is 0 Å². The number of hydrogen-bond donors (Lipinski definition) is 0. The number of hydrogen-bond acceptors (Lipinski definition) is 3. The van der Waals surface area contributed by atoms with Crippen LogP contribution in [0.15, 0.2) is 0 Å². The van der Waals surface area contributed by atoms with E-state index in [1.165, 1.54) is 27.7 Å². The Kier molecular flexibility index (Phi) is 4.26. The molecule has 0 unspecified atom stereocenters. The molecule has 0 saturated carbocycles. The molecule has 0 spiro atoms. The summed E-state index contributed by atoms with van der Waals surface area (Å²) in [6.45, 7) is 5.81. The van der Waals surface area contributed by atoms with E-state index in [1.807, 2.05) is 0 Å². The van der Waals surface area contributed by atoms with Crippen molar-refractivity contribution >= 4 is 5.97 Å². The van der Waals surface area contributed by atoms with Gasteiger partial charge in [0.1, 0.15) is 0 Å². The molecule has 5 heteroatoms. The zero-order valence-corrected chi connectivity index (χ0v) is 8.14. The summed E-state index contributed by atoms with van der Waals surface area (Å²) < 4.78 is 33.9. The normalized spacial score (nSPS) is 12.3. The van der Waals surface area contributed by atoms with Crippen LogP contribution in [0.4, 0.5) is 8.78 Å². The number of carbonyl (C=O) groups excluding carboxylic acids is 1. The summed E-state index contributed by atoms with van der Waals surface area (Å²) in [5, 5.41) is 0. The first-order valence-corrected chi connectivity index (χ1v) is 4.02. The van der Waals surface area contributed by atoms with E-state index in [0.717, 1.165) is 0 Å². The highest BCUT2D eigenvalue weighted by molar-refractivity contribution is 5.75. The number of carbonyl (C=O) groups is 1. The summed E-state index contributed by atoms with van der Waals surface area (Å²) in [5.41, 5.74) is 0. The van der Waals surface area contributed by atoms with Gasteiger partial charge in [-0.05, 0) is 27.7 Å². The third-order valence-electron chi connectivity index (χ3n) is 0.964. The Morgan fingerprint density at radius 3 is 1.92 bits per heavy atom. The smallest absolute Gasteiger partial charge is 0.456 e. The van der Waals surface area contributed by atoms with Crippen molar-refractivity contribution in [2.75, 3.05) is 0 Å². The molecule has 0 aromatic rings. The Morgan fingerprint density at radius 1 is 1.15 bits per heavy atom. The topological polar surface area (TPSA) is 35.5 Å². The first-order chi connectivity index (χ1) is 5.75. The Balaban J connectivity index is 4.19. The fourth-order valence-electron chi connectivity index (χ4n) is 0.627. The monoisotopic (exact) mass is 196 g/mol. The van der Waals surface area contributed by atoms with Crippen LogP contribution in [-0.4, -0.2) is 24.3 Å². The van der Waals surface area contributed by atoms with Gasteiger partial charge in [0.25, 0.3) is 0 Å². The highest BCUT2D eigenvalue weighted by Crippen LogP contribution is 2.20. The lowest BCUT2D eigenvalue weighted by atomic mass is 10.4. The first-order valence-electron chi connectivity index (χ1n) is 4.02. The molecule has 0 aliphatic carbocycles. The second-order valence-electron chi connectivity index (χ2n) is 3.14. The maximum absolute atomic E-state index is 12.7. The van der Waals surface area contributed by atoms with Gasteiger partial charge in [-0.2, -0.15) is 8.78 Å². The molecule has 0 aromatic heterocycles. The van der Waals surface area contributed by atoms with Crippen LogP contribution in [0.2, 0.25) is 0 Å². The van der Waals surface area contributed by atoms with Gasteiger partial charge in [-0.1, -0.05) is 0 Å². The van der Waals surface area contributed by atoms with Crippen molar-refractivity contribution in [3.8, 4) is 0 Å². The van der Waals surface area contributed by atoms with E-state index in [9.17, 15) is 13.6 Å². The molecule has 0 atom stereocenters. The zero-order valence-electron chi connectivity index (χ0n) is 8.14. The van der Waals surface area contributed by atoms with E-state index >= 15 is 0 Å². The van der Waals surface area contributed by atoms with Crippen LogP contribution in [0.3, 0.4) is 0 Å². The Labute approximate surface area is 76.0 Å². The van der Waals surface area contributed by atoms with Gasteiger partial charge in [0.05, 0.1) is 12.2 Å². The van der Waals surface area contributed by atoms with Crippen molar-refractivity contribution in [3.63, 3.8) is 0 Å². The van der Waals surface area contributed by atoms with Crippen molar-refractivity contribution < 1.29 is 23.0 Å². The average Bonchev–Trinajstić information content (AvgIpc) is 1.81. The maximum Gasteiger partial charge on any atom is 0.456 e. The van der Waals surface area contributed by atoms with Gasteiger partial charge in [-0.3, -0.25) is 0 Å². The summed E-state index contributed by atoms with van der Waals surface area (Å²) in [5.74, 6) is -1.64. The lowest BCUT2D eigenvalue weighted by Crippen LogP contribution is -2.37. The van der Waals surface area contributed by atoms with Gasteiger partial charge in [-0.15, -0.1) is 0 Å². The van der Waals surface area contributed by atoms with Gasteiger partial charge >= 0.3 is 12.1 Å². The second kappa shape index (κ2) is 4.50.